The van der Waals surface area contributed by atoms with Gasteiger partial charge in [0.2, 0.25) is 0 Å². The Kier molecular flexibility index (Phi) is 4.11. The summed E-state index contributed by atoms with van der Waals surface area (Å²) in [5, 5.41) is 2.45. The third-order valence-electron chi connectivity index (χ3n) is 4.76. The molecule has 0 unspecified atom stereocenters. The second-order valence-corrected chi connectivity index (χ2v) is 6.62. The Hall–Kier alpha value is -3.85. The van der Waals surface area contributed by atoms with Gasteiger partial charge in [-0.05, 0) is 64.4 Å². The third kappa shape index (κ3) is 3.14. The lowest BCUT2D eigenvalue weighted by Gasteiger charge is -2.10. The summed E-state index contributed by atoms with van der Waals surface area (Å²) in [7, 11) is 0. The quantitative estimate of drug-likeness (QED) is 0.395. The van der Waals surface area contributed by atoms with Gasteiger partial charge in [0.1, 0.15) is 0 Å². The van der Waals surface area contributed by atoms with E-state index in [1.807, 2.05) is 36.4 Å². The highest BCUT2D eigenvalue weighted by Gasteiger charge is 2.10. The lowest BCUT2D eigenvalue weighted by Crippen LogP contribution is -1.93. The summed E-state index contributed by atoms with van der Waals surface area (Å²) < 4.78 is 0. The lowest BCUT2D eigenvalue weighted by atomic mass is 9.99. The highest BCUT2D eigenvalue weighted by Crippen LogP contribution is 2.30. The van der Waals surface area contributed by atoms with Crippen LogP contribution in [-0.4, -0.2) is 15.0 Å². The number of hydrogen-bond acceptors (Lipinski definition) is 3. The van der Waals surface area contributed by atoms with E-state index in [9.17, 15) is 0 Å². The molecule has 0 bridgehead atoms. The summed E-state index contributed by atoms with van der Waals surface area (Å²) >= 11 is 0. The fraction of sp³-hybridized carbons (Fsp3) is 0. The van der Waals surface area contributed by atoms with Gasteiger partial charge >= 0.3 is 0 Å². The number of fused-ring (bicyclic) bond motifs is 1. The molecule has 0 aliphatic carbocycles. The molecule has 132 valence electrons. The van der Waals surface area contributed by atoms with Gasteiger partial charge in [0.15, 0.2) is 0 Å². The zero-order valence-corrected chi connectivity index (χ0v) is 15.2. The first-order valence-corrected chi connectivity index (χ1v) is 9.21. The second kappa shape index (κ2) is 7.05. The number of nitrogens with zero attached hydrogens (tertiary/aromatic N) is 3. The van der Waals surface area contributed by atoms with Crippen LogP contribution in [0.4, 0.5) is 0 Å². The fourth-order valence-corrected chi connectivity index (χ4v) is 3.36. The van der Waals surface area contributed by atoms with E-state index in [0.717, 1.165) is 33.9 Å². The SMILES string of the molecule is c1ccc(-c2cc(-c3ccc4ccccc4c3)cc(-c3ccccn3)n2)nc1. The van der Waals surface area contributed by atoms with E-state index in [-0.39, 0.29) is 0 Å². The predicted molar refractivity (Wildman–Crippen MR) is 114 cm³/mol. The van der Waals surface area contributed by atoms with Crippen molar-refractivity contribution in [2.75, 3.05) is 0 Å². The minimum Gasteiger partial charge on any atom is -0.255 e. The molecule has 0 N–H and O–H groups in total. The molecule has 0 saturated heterocycles. The molecule has 5 rings (SSSR count). The Morgan fingerprint density at radius 1 is 0.429 bits per heavy atom. The van der Waals surface area contributed by atoms with Crippen LogP contribution in [0.2, 0.25) is 0 Å². The average molecular weight is 359 g/mol. The molecule has 0 amide bonds. The zero-order chi connectivity index (χ0) is 18.8. The van der Waals surface area contributed by atoms with Crippen LogP contribution in [0.1, 0.15) is 0 Å². The monoisotopic (exact) mass is 359 g/mol. The van der Waals surface area contributed by atoms with E-state index < -0.39 is 0 Å². The van der Waals surface area contributed by atoms with Gasteiger partial charge in [-0.2, -0.15) is 0 Å². The first-order chi connectivity index (χ1) is 13.9. The summed E-state index contributed by atoms with van der Waals surface area (Å²) in [5.41, 5.74) is 5.63. The van der Waals surface area contributed by atoms with Crippen molar-refractivity contribution < 1.29 is 0 Å². The summed E-state index contributed by atoms with van der Waals surface area (Å²) in [6.07, 6.45) is 3.58. The van der Waals surface area contributed by atoms with Gasteiger partial charge in [-0.3, -0.25) is 9.97 Å². The maximum atomic E-state index is 4.84. The number of pyridine rings is 3. The van der Waals surface area contributed by atoms with Crippen LogP contribution in [0.3, 0.4) is 0 Å². The summed E-state index contributed by atoms with van der Waals surface area (Å²) in [4.78, 5) is 13.8. The molecule has 0 saturated carbocycles. The van der Waals surface area contributed by atoms with Crippen LogP contribution in [0, 0.1) is 0 Å². The van der Waals surface area contributed by atoms with Crippen LogP contribution in [0.25, 0.3) is 44.7 Å². The molecule has 0 spiro atoms. The molecular weight excluding hydrogens is 342 g/mol. The van der Waals surface area contributed by atoms with Crippen molar-refractivity contribution >= 4 is 10.8 Å². The van der Waals surface area contributed by atoms with Gasteiger partial charge in [0.25, 0.3) is 0 Å². The fourth-order valence-electron chi connectivity index (χ4n) is 3.36. The highest BCUT2D eigenvalue weighted by molar-refractivity contribution is 5.88. The number of hydrogen-bond donors (Lipinski definition) is 0. The molecule has 3 heterocycles. The topological polar surface area (TPSA) is 38.7 Å². The normalized spacial score (nSPS) is 10.9. The van der Waals surface area contributed by atoms with Crippen LogP contribution < -0.4 is 0 Å². The molecule has 5 aromatic rings. The van der Waals surface area contributed by atoms with Crippen molar-refractivity contribution in [2.45, 2.75) is 0 Å². The molecule has 28 heavy (non-hydrogen) atoms. The molecule has 0 aliphatic heterocycles. The maximum Gasteiger partial charge on any atom is 0.0900 e. The molecule has 0 aliphatic rings. The van der Waals surface area contributed by atoms with Gasteiger partial charge in [-0.25, -0.2) is 4.98 Å². The first kappa shape index (κ1) is 16.3. The molecular formula is C25H17N3. The minimum atomic E-state index is 0.840. The number of benzene rings is 2. The van der Waals surface area contributed by atoms with Gasteiger partial charge in [-0.1, -0.05) is 48.5 Å². The molecule has 0 atom stereocenters. The number of aromatic nitrogens is 3. The van der Waals surface area contributed by atoms with E-state index >= 15 is 0 Å². The molecule has 0 fully saturated rings. The molecule has 0 radical (unpaired) electrons. The Bertz CT molecular complexity index is 1190. The molecule has 3 aromatic heterocycles. The van der Waals surface area contributed by atoms with Crippen LogP contribution in [-0.2, 0) is 0 Å². The minimum absolute atomic E-state index is 0.840. The van der Waals surface area contributed by atoms with Crippen LogP contribution in [0.5, 0.6) is 0 Å². The molecule has 3 heteroatoms. The largest absolute Gasteiger partial charge is 0.255 e. The maximum absolute atomic E-state index is 4.84. The smallest absolute Gasteiger partial charge is 0.0900 e. The van der Waals surface area contributed by atoms with E-state index in [0.29, 0.717) is 0 Å². The zero-order valence-electron chi connectivity index (χ0n) is 15.2. The van der Waals surface area contributed by atoms with Crippen molar-refractivity contribution in [3.05, 3.63) is 103 Å². The van der Waals surface area contributed by atoms with Crippen molar-refractivity contribution in [3.63, 3.8) is 0 Å². The van der Waals surface area contributed by atoms with Crippen molar-refractivity contribution in [1.29, 1.82) is 0 Å². The van der Waals surface area contributed by atoms with Gasteiger partial charge in [-0.15, -0.1) is 0 Å². The van der Waals surface area contributed by atoms with Crippen LogP contribution in [0.15, 0.2) is 103 Å². The first-order valence-electron chi connectivity index (χ1n) is 9.21. The Morgan fingerprint density at radius 3 is 1.64 bits per heavy atom. The second-order valence-electron chi connectivity index (χ2n) is 6.62. The van der Waals surface area contributed by atoms with Crippen molar-refractivity contribution in [1.82, 2.24) is 15.0 Å². The third-order valence-corrected chi connectivity index (χ3v) is 4.76. The summed E-state index contributed by atoms with van der Waals surface area (Å²) in [6.45, 7) is 0. The highest BCUT2D eigenvalue weighted by atomic mass is 14.8. The summed E-state index contributed by atoms with van der Waals surface area (Å²) in [5.74, 6) is 0. The van der Waals surface area contributed by atoms with Gasteiger partial charge in [0, 0.05) is 12.4 Å². The van der Waals surface area contributed by atoms with E-state index in [2.05, 4.69) is 64.6 Å². The van der Waals surface area contributed by atoms with Gasteiger partial charge in [0.05, 0.1) is 22.8 Å². The van der Waals surface area contributed by atoms with E-state index in [4.69, 9.17) is 4.98 Å². The lowest BCUT2D eigenvalue weighted by molar-refractivity contribution is 1.22. The molecule has 3 nitrogen and oxygen atoms in total. The molecule has 2 aromatic carbocycles. The average Bonchev–Trinajstić information content (AvgIpc) is 2.79. The summed E-state index contributed by atoms with van der Waals surface area (Å²) in [6, 6.07) is 30.9. The van der Waals surface area contributed by atoms with Crippen molar-refractivity contribution in [2.24, 2.45) is 0 Å². The van der Waals surface area contributed by atoms with Gasteiger partial charge < -0.3 is 0 Å². The standard InChI is InChI=1S/C25H17N3/c1-2-8-19-15-20(12-11-18(19)7-1)21-16-24(22-9-3-5-13-26-22)28-25(17-21)23-10-4-6-14-27-23/h1-17H. The van der Waals surface area contributed by atoms with E-state index in [1.165, 1.54) is 10.8 Å². The predicted octanol–water partition coefficient (Wildman–Crippen LogP) is 6.03. The van der Waals surface area contributed by atoms with Crippen molar-refractivity contribution in [3.8, 4) is 33.9 Å². The van der Waals surface area contributed by atoms with Crippen LogP contribution >= 0.6 is 0 Å². The Balaban J connectivity index is 1.72. The number of rotatable bonds is 3. The Morgan fingerprint density at radius 2 is 1.04 bits per heavy atom. The Labute approximate surface area is 163 Å². The van der Waals surface area contributed by atoms with E-state index in [1.54, 1.807) is 12.4 Å².